The first-order chi connectivity index (χ1) is 13.3. The van der Waals surface area contributed by atoms with Crippen molar-refractivity contribution in [3.8, 4) is 5.75 Å². The molecular formula is C20H31N3O4S. The Kier molecular flexibility index (Phi) is 6.31. The van der Waals surface area contributed by atoms with Crippen molar-refractivity contribution in [2.45, 2.75) is 31.7 Å². The van der Waals surface area contributed by atoms with Crippen LogP contribution < -0.4 is 4.74 Å². The van der Waals surface area contributed by atoms with Crippen molar-refractivity contribution in [1.82, 2.24) is 14.1 Å². The Labute approximate surface area is 168 Å². The van der Waals surface area contributed by atoms with Crippen molar-refractivity contribution >= 4 is 15.9 Å². The number of ether oxygens (including phenoxy) is 1. The highest BCUT2D eigenvalue weighted by Crippen LogP contribution is 2.33. The largest absolute Gasteiger partial charge is 0.497 e. The lowest BCUT2D eigenvalue weighted by Gasteiger charge is -2.45. The molecule has 1 amide bonds. The summed E-state index contributed by atoms with van der Waals surface area (Å²) >= 11 is 0. The average molecular weight is 410 g/mol. The van der Waals surface area contributed by atoms with Crippen LogP contribution in [-0.2, 0) is 21.2 Å². The molecule has 2 aliphatic heterocycles. The second-order valence-corrected chi connectivity index (χ2v) is 9.80. The van der Waals surface area contributed by atoms with Gasteiger partial charge in [-0.05, 0) is 30.5 Å². The van der Waals surface area contributed by atoms with E-state index in [0.29, 0.717) is 32.6 Å². The Bertz CT molecular complexity index is 805. The van der Waals surface area contributed by atoms with Gasteiger partial charge in [0.25, 0.3) is 0 Å². The van der Waals surface area contributed by atoms with Gasteiger partial charge in [0.15, 0.2) is 0 Å². The molecule has 0 N–H and O–H groups in total. The monoisotopic (exact) mass is 409 g/mol. The normalized spacial score (nSPS) is 24.5. The van der Waals surface area contributed by atoms with Crippen molar-refractivity contribution in [3.63, 3.8) is 0 Å². The minimum absolute atomic E-state index is 0.106. The zero-order valence-electron chi connectivity index (χ0n) is 17.1. The number of rotatable bonds is 6. The highest BCUT2D eigenvalue weighted by Gasteiger charge is 2.45. The molecule has 156 valence electrons. The molecule has 1 atom stereocenters. The molecule has 0 unspecified atom stereocenters. The number of sulfonamides is 1. The molecular weight excluding hydrogens is 378 g/mol. The molecule has 2 saturated heterocycles. The van der Waals surface area contributed by atoms with Gasteiger partial charge in [-0.1, -0.05) is 19.1 Å². The molecule has 2 heterocycles. The Balaban J connectivity index is 1.58. The van der Waals surface area contributed by atoms with Crippen LogP contribution in [-0.4, -0.2) is 86.6 Å². The first-order valence-electron chi connectivity index (χ1n) is 9.88. The molecule has 0 spiro atoms. The van der Waals surface area contributed by atoms with E-state index >= 15 is 0 Å². The number of amides is 1. The average Bonchev–Trinajstić information content (AvgIpc) is 3.15. The fraction of sp³-hybridized carbons (Fsp3) is 0.650. The smallest absolute Gasteiger partial charge is 0.227 e. The minimum atomic E-state index is -3.16. The van der Waals surface area contributed by atoms with Crippen LogP contribution in [0.4, 0.5) is 0 Å². The van der Waals surface area contributed by atoms with E-state index in [-0.39, 0.29) is 11.4 Å². The van der Waals surface area contributed by atoms with Gasteiger partial charge < -0.3 is 9.64 Å². The number of methoxy groups -OCH3 is 1. The quantitative estimate of drug-likeness (QED) is 0.706. The molecule has 28 heavy (non-hydrogen) atoms. The highest BCUT2D eigenvalue weighted by atomic mass is 32.2. The summed E-state index contributed by atoms with van der Waals surface area (Å²) in [4.78, 5) is 17.0. The maximum Gasteiger partial charge on any atom is 0.227 e. The Morgan fingerprint density at radius 1 is 1.18 bits per heavy atom. The van der Waals surface area contributed by atoms with Crippen LogP contribution in [0.5, 0.6) is 5.75 Å². The first-order valence-corrected chi connectivity index (χ1v) is 11.7. The van der Waals surface area contributed by atoms with Crippen LogP contribution in [0.25, 0.3) is 0 Å². The lowest BCUT2D eigenvalue weighted by atomic mass is 9.92. The van der Waals surface area contributed by atoms with Crippen LogP contribution in [0.2, 0.25) is 0 Å². The Hall–Kier alpha value is -1.64. The van der Waals surface area contributed by atoms with Crippen LogP contribution in [0.1, 0.15) is 25.3 Å². The van der Waals surface area contributed by atoms with Crippen molar-refractivity contribution in [1.29, 1.82) is 0 Å². The standard InChI is InChI=1S/C20H31N3O4S/c1-4-20(8-9-23(16-20)28(3,25)26)22-12-10-21(11-13-22)19(24)15-17-6-5-7-18(14-17)27-2/h5-7,14H,4,8-13,15-16H2,1-3H3/t20-/m0/s1. The molecule has 1 aromatic rings. The molecule has 2 fully saturated rings. The van der Waals surface area contributed by atoms with E-state index in [4.69, 9.17) is 4.74 Å². The summed E-state index contributed by atoms with van der Waals surface area (Å²) in [6, 6.07) is 7.62. The van der Waals surface area contributed by atoms with Crippen LogP contribution >= 0.6 is 0 Å². The van der Waals surface area contributed by atoms with Crippen LogP contribution in [0.15, 0.2) is 24.3 Å². The molecule has 1 aromatic carbocycles. The number of hydrogen-bond acceptors (Lipinski definition) is 5. The van der Waals surface area contributed by atoms with Gasteiger partial charge in [-0.15, -0.1) is 0 Å². The van der Waals surface area contributed by atoms with Gasteiger partial charge in [-0.3, -0.25) is 9.69 Å². The van der Waals surface area contributed by atoms with Gasteiger partial charge >= 0.3 is 0 Å². The fourth-order valence-electron chi connectivity index (χ4n) is 4.37. The van der Waals surface area contributed by atoms with E-state index in [0.717, 1.165) is 37.2 Å². The number of benzene rings is 1. The summed E-state index contributed by atoms with van der Waals surface area (Å²) in [6.45, 7) is 6.21. The second-order valence-electron chi connectivity index (χ2n) is 7.82. The minimum Gasteiger partial charge on any atom is -0.497 e. The lowest BCUT2D eigenvalue weighted by Crippen LogP contribution is -2.59. The third-order valence-corrected chi connectivity index (χ3v) is 7.47. The van der Waals surface area contributed by atoms with Crippen molar-refractivity contribution in [2.24, 2.45) is 0 Å². The van der Waals surface area contributed by atoms with Crippen molar-refractivity contribution in [3.05, 3.63) is 29.8 Å². The molecule has 0 bridgehead atoms. The summed E-state index contributed by atoms with van der Waals surface area (Å²) in [5.41, 5.74) is 0.849. The Morgan fingerprint density at radius 2 is 1.89 bits per heavy atom. The zero-order chi connectivity index (χ0) is 20.4. The molecule has 7 nitrogen and oxygen atoms in total. The van der Waals surface area contributed by atoms with Crippen LogP contribution in [0, 0.1) is 0 Å². The SMILES string of the molecule is CC[C@]1(N2CCN(C(=O)Cc3cccc(OC)c3)CC2)CCN(S(C)(=O)=O)C1. The predicted molar refractivity (Wildman–Crippen MR) is 109 cm³/mol. The number of carbonyl (C=O) groups excluding carboxylic acids is 1. The van der Waals surface area contributed by atoms with E-state index in [1.807, 2.05) is 29.2 Å². The number of carbonyl (C=O) groups is 1. The lowest BCUT2D eigenvalue weighted by molar-refractivity contribution is -0.133. The van der Waals surface area contributed by atoms with Gasteiger partial charge in [-0.25, -0.2) is 12.7 Å². The maximum absolute atomic E-state index is 12.7. The van der Waals surface area contributed by atoms with E-state index in [9.17, 15) is 13.2 Å². The summed E-state index contributed by atoms with van der Waals surface area (Å²) in [5.74, 6) is 0.888. The molecule has 2 aliphatic rings. The summed E-state index contributed by atoms with van der Waals surface area (Å²) < 4.78 is 30.7. The molecule has 8 heteroatoms. The van der Waals surface area contributed by atoms with E-state index in [1.165, 1.54) is 6.26 Å². The van der Waals surface area contributed by atoms with Gasteiger partial charge in [0.2, 0.25) is 15.9 Å². The third kappa shape index (κ3) is 4.50. The van der Waals surface area contributed by atoms with Crippen molar-refractivity contribution in [2.75, 3.05) is 52.6 Å². The van der Waals surface area contributed by atoms with Crippen LogP contribution in [0.3, 0.4) is 0 Å². The van der Waals surface area contributed by atoms with Gasteiger partial charge in [0.05, 0.1) is 19.8 Å². The maximum atomic E-state index is 12.7. The molecule has 0 aromatic heterocycles. The highest BCUT2D eigenvalue weighted by molar-refractivity contribution is 7.88. The zero-order valence-corrected chi connectivity index (χ0v) is 17.9. The van der Waals surface area contributed by atoms with E-state index in [1.54, 1.807) is 11.4 Å². The summed E-state index contributed by atoms with van der Waals surface area (Å²) in [7, 11) is -1.53. The molecule has 3 rings (SSSR count). The fourth-order valence-corrected chi connectivity index (χ4v) is 5.27. The topological polar surface area (TPSA) is 70.2 Å². The van der Waals surface area contributed by atoms with Crippen molar-refractivity contribution < 1.29 is 17.9 Å². The first kappa shape index (κ1) is 21.1. The van der Waals surface area contributed by atoms with E-state index < -0.39 is 10.0 Å². The number of nitrogens with zero attached hydrogens (tertiary/aromatic N) is 3. The Morgan fingerprint density at radius 3 is 2.46 bits per heavy atom. The summed E-state index contributed by atoms with van der Waals surface area (Å²) in [6.07, 6.45) is 3.43. The third-order valence-electron chi connectivity index (χ3n) is 6.22. The van der Waals surface area contributed by atoms with E-state index in [2.05, 4.69) is 11.8 Å². The number of hydrogen-bond donors (Lipinski definition) is 0. The van der Waals surface area contributed by atoms with Gasteiger partial charge in [0.1, 0.15) is 5.75 Å². The van der Waals surface area contributed by atoms with Gasteiger partial charge in [-0.2, -0.15) is 0 Å². The molecule has 0 radical (unpaired) electrons. The number of piperazine rings is 1. The predicted octanol–water partition coefficient (Wildman–Crippen LogP) is 1.20. The second kappa shape index (κ2) is 8.39. The summed E-state index contributed by atoms with van der Waals surface area (Å²) in [5, 5.41) is 0. The molecule has 0 aliphatic carbocycles. The van der Waals surface area contributed by atoms with Gasteiger partial charge in [0, 0.05) is 44.8 Å². The molecule has 0 saturated carbocycles.